The number of hydrogen-bond acceptors (Lipinski definition) is 2. The number of ether oxygens (including phenoxy) is 1. The molecule has 3 nitrogen and oxygen atoms in total. The van der Waals surface area contributed by atoms with Crippen molar-refractivity contribution in [2.24, 2.45) is 0 Å². The van der Waals surface area contributed by atoms with Crippen molar-refractivity contribution in [1.82, 2.24) is 4.90 Å². The molecule has 0 saturated carbocycles. The Kier molecular flexibility index (Phi) is 8.96. The minimum absolute atomic E-state index is 0.131. The zero-order chi connectivity index (χ0) is 19.6. The summed E-state index contributed by atoms with van der Waals surface area (Å²) >= 11 is 12.7. The van der Waals surface area contributed by atoms with Gasteiger partial charge >= 0.3 is 0 Å². The summed E-state index contributed by atoms with van der Waals surface area (Å²) in [5.41, 5.74) is 1.52. The van der Waals surface area contributed by atoms with Gasteiger partial charge in [0.25, 0.3) is 5.91 Å². The van der Waals surface area contributed by atoms with Gasteiger partial charge in [0.15, 0.2) is 5.75 Å². The standard InChI is InChI=1S/C22H27Cl2NO2/c1-3-4-5-6-10-13-27-21-19(23)14-18(15-20(21)24)22(26)25(2)16-17-11-8-7-9-12-17/h7-9,11-12,14-15H,3-6,10,13,16H2,1-2H3. The van der Waals surface area contributed by atoms with Gasteiger partial charge < -0.3 is 9.64 Å². The van der Waals surface area contributed by atoms with Gasteiger partial charge in [-0.25, -0.2) is 0 Å². The maximum absolute atomic E-state index is 12.7. The largest absolute Gasteiger partial charge is 0.490 e. The normalized spacial score (nSPS) is 10.7. The lowest BCUT2D eigenvalue weighted by atomic mass is 10.1. The van der Waals surface area contributed by atoms with Gasteiger partial charge in [0.05, 0.1) is 16.7 Å². The number of amides is 1. The number of hydrogen-bond donors (Lipinski definition) is 0. The Hall–Kier alpha value is -1.71. The molecule has 0 saturated heterocycles. The van der Waals surface area contributed by atoms with Gasteiger partial charge in [0.2, 0.25) is 0 Å². The van der Waals surface area contributed by atoms with Crippen LogP contribution in [-0.4, -0.2) is 24.5 Å². The molecule has 0 aliphatic rings. The zero-order valence-corrected chi connectivity index (χ0v) is 17.5. The molecule has 1 amide bonds. The molecule has 2 rings (SSSR count). The van der Waals surface area contributed by atoms with Gasteiger partial charge in [-0.15, -0.1) is 0 Å². The van der Waals surface area contributed by atoms with Crippen molar-refractivity contribution in [3.63, 3.8) is 0 Å². The second-order valence-corrected chi connectivity index (χ2v) is 7.49. The molecule has 5 heteroatoms. The van der Waals surface area contributed by atoms with Crippen molar-refractivity contribution in [3.05, 3.63) is 63.6 Å². The van der Waals surface area contributed by atoms with Crippen molar-refractivity contribution in [2.75, 3.05) is 13.7 Å². The van der Waals surface area contributed by atoms with E-state index >= 15 is 0 Å². The Morgan fingerprint density at radius 1 is 1.00 bits per heavy atom. The third-order valence-electron chi connectivity index (χ3n) is 4.35. The number of benzene rings is 2. The number of nitrogens with zero attached hydrogens (tertiary/aromatic N) is 1. The first-order chi connectivity index (χ1) is 13.0. The second-order valence-electron chi connectivity index (χ2n) is 6.68. The van der Waals surface area contributed by atoms with Crippen LogP contribution in [0.5, 0.6) is 5.75 Å². The van der Waals surface area contributed by atoms with Gasteiger partial charge in [-0.05, 0) is 24.1 Å². The molecule has 0 aliphatic carbocycles. The van der Waals surface area contributed by atoms with Gasteiger partial charge in [-0.1, -0.05) is 86.1 Å². The molecule has 27 heavy (non-hydrogen) atoms. The van der Waals surface area contributed by atoms with E-state index in [0.29, 0.717) is 34.5 Å². The lowest BCUT2D eigenvalue weighted by molar-refractivity contribution is 0.0785. The first-order valence-corrected chi connectivity index (χ1v) is 10.2. The van der Waals surface area contributed by atoms with Crippen LogP contribution in [0.15, 0.2) is 42.5 Å². The molecule has 0 fully saturated rings. The number of carbonyl (C=O) groups excluding carboxylic acids is 1. The Morgan fingerprint density at radius 2 is 1.63 bits per heavy atom. The Morgan fingerprint density at radius 3 is 2.26 bits per heavy atom. The molecule has 0 aliphatic heterocycles. The molecule has 0 heterocycles. The van der Waals surface area contributed by atoms with E-state index in [1.165, 1.54) is 19.3 Å². The molecule has 0 atom stereocenters. The van der Waals surface area contributed by atoms with Crippen molar-refractivity contribution in [2.45, 2.75) is 45.6 Å². The number of carbonyl (C=O) groups is 1. The van der Waals surface area contributed by atoms with Crippen LogP contribution in [0.3, 0.4) is 0 Å². The molecule has 0 radical (unpaired) electrons. The van der Waals surface area contributed by atoms with Crippen LogP contribution in [0.1, 0.15) is 54.9 Å². The van der Waals surface area contributed by atoms with Crippen LogP contribution < -0.4 is 4.74 Å². The minimum Gasteiger partial charge on any atom is -0.490 e. The Labute approximate surface area is 172 Å². The van der Waals surface area contributed by atoms with E-state index in [4.69, 9.17) is 27.9 Å². The first kappa shape index (κ1) is 21.6. The van der Waals surface area contributed by atoms with Crippen LogP contribution in [0.4, 0.5) is 0 Å². The van der Waals surface area contributed by atoms with Crippen LogP contribution in [0.25, 0.3) is 0 Å². The Bertz CT molecular complexity index is 711. The fourth-order valence-electron chi connectivity index (χ4n) is 2.85. The fourth-order valence-corrected chi connectivity index (χ4v) is 3.45. The van der Waals surface area contributed by atoms with Crippen LogP contribution in [-0.2, 0) is 6.54 Å². The molecule has 0 N–H and O–H groups in total. The summed E-state index contributed by atoms with van der Waals surface area (Å²) in [5.74, 6) is 0.324. The second kappa shape index (κ2) is 11.2. The van der Waals surface area contributed by atoms with E-state index in [9.17, 15) is 4.79 Å². The lowest BCUT2D eigenvalue weighted by Gasteiger charge is -2.18. The monoisotopic (exact) mass is 407 g/mol. The molecule has 146 valence electrons. The third-order valence-corrected chi connectivity index (χ3v) is 4.91. The summed E-state index contributed by atoms with van der Waals surface area (Å²) in [5, 5.41) is 0.736. The van der Waals surface area contributed by atoms with E-state index in [-0.39, 0.29) is 5.91 Å². The van der Waals surface area contributed by atoms with Crippen molar-refractivity contribution in [3.8, 4) is 5.75 Å². The van der Waals surface area contributed by atoms with Crippen molar-refractivity contribution >= 4 is 29.1 Å². The lowest BCUT2D eigenvalue weighted by Crippen LogP contribution is -2.26. The molecule has 0 spiro atoms. The average molecular weight is 408 g/mol. The van der Waals surface area contributed by atoms with E-state index in [1.54, 1.807) is 24.1 Å². The SMILES string of the molecule is CCCCCCCOc1c(Cl)cc(C(=O)N(C)Cc2ccccc2)cc1Cl. The highest BCUT2D eigenvalue weighted by Crippen LogP contribution is 2.34. The van der Waals surface area contributed by atoms with E-state index in [2.05, 4.69) is 6.92 Å². The zero-order valence-electron chi connectivity index (χ0n) is 16.0. The molecule has 0 aromatic heterocycles. The molecule has 0 bridgehead atoms. The van der Waals surface area contributed by atoms with Crippen molar-refractivity contribution in [1.29, 1.82) is 0 Å². The minimum atomic E-state index is -0.131. The summed E-state index contributed by atoms with van der Waals surface area (Å²) in [6, 6.07) is 13.1. The molecule has 0 unspecified atom stereocenters. The van der Waals surface area contributed by atoms with E-state index in [1.807, 2.05) is 30.3 Å². The predicted molar refractivity (Wildman–Crippen MR) is 113 cm³/mol. The topological polar surface area (TPSA) is 29.5 Å². The number of unbranched alkanes of at least 4 members (excludes halogenated alkanes) is 4. The van der Waals surface area contributed by atoms with Crippen molar-refractivity contribution < 1.29 is 9.53 Å². The summed E-state index contributed by atoms with van der Waals surface area (Å²) < 4.78 is 5.75. The molecular weight excluding hydrogens is 381 g/mol. The molecule has 2 aromatic rings. The highest BCUT2D eigenvalue weighted by Gasteiger charge is 2.17. The van der Waals surface area contributed by atoms with Crippen LogP contribution >= 0.6 is 23.2 Å². The third kappa shape index (κ3) is 6.75. The quantitative estimate of drug-likeness (QED) is 0.414. The summed E-state index contributed by atoms with van der Waals surface area (Å²) in [4.78, 5) is 14.3. The maximum Gasteiger partial charge on any atom is 0.254 e. The van der Waals surface area contributed by atoms with Gasteiger partial charge in [0.1, 0.15) is 0 Å². The summed E-state index contributed by atoms with van der Waals surface area (Å²) in [6.07, 6.45) is 5.77. The van der Waals surface area contributed by atoms with Gasteiger partial charge in [-0.3, -0.25) is 4.79 Å². The highest BCUT2D eigenvalue weighted by atomic mass is 35.5. The number of rotatable bonds is 10. The van der Waals surface area contributed by atoms with Crippen LogP contribution in [0, 0.1) is 0 Å². The maximum atomic E-state index is 12.7. The fraction of sp³-hybridized carbons (Fsp3) is 0.409. The highest BCUT2D eigenvalue weighted by molar-refractivity contribution is 6.37. The molecular formula is C22H27Cl2NO2. The molecule has 2 aromatic carbocycles. The average Bonchev–Trinajstić information content (AvgIpc) is 2.66. The smallest absolute Gasteiger partial charge is 0.254 e. The van der Waals surface area contributed by atoms with Gasteiger partial charge in [0, 0.05) is 19.2 Å². The van der Waals surface area contributed by atoms with Gasteiger partial charge in [-0.2, -0.15) is 0 Å². The summed E-state index contributed by atoms with van der Waals surface area (Å²) in [6.45, 7) is 3.28. The van der Waals surface area contributed by atoms with E-state index < -0.39 is 0 Å². The predicted octanol–water partition coefficient (Wildman–Crippen LogP) is 6.61. The number of halogens is 2. The summed E-state index contributed by atoms with van der Waals surface area (Å²) in [7, 11) is 1.76. The van der Waals surface area contributed by atoms with Crippen LogP contribution in [0.2, 0.25) is 10.0 Å². The first-order valence-electron chi connectivity index (χ1n) is 9.44. The van der Waals surface area contributed by atoms with E-state index in [0.717, 1.165) is 18.4 Å². The Balaban J connectivity index is 1.97.